The lowest BCUT2D eigenvalue weighted by atomic mass is 10.2. The molecule has 0 radical (unpaired) electrons. The van der Waals surface area contributed by atoms with Gasteiger partial charge in [0.15, 0.2) is 11.5 Å². The minimum absolute atomic E-state index is 0.175. The van der Waals surface area contributed by atoms with E-state index < -0.39 is 5.97 Å². The standard InChI is InChI=1S/C19H15NO5S/c1-12-20-14(10-26-12)9-22-15-4-2-13(3-5-15)19(21)25-16-6-7-17-18(8-16)24-11-23-17/h2-8,10H,9,11H2,1H3. The molecule has 0 aliphatic carbocycles. The number of hydrogen-bond donors (Lipinski definition) is 0. The average Bonchev–Trinajstić information content (AvgIpc) is 3.28. The van der Waals surface area contributed by atoms with Crippen molar-refractivity contribution in [3.63, 3.8) is 0 Å². The molecule has 0 fully saturated rings. The minimum atomic E-state index is -0.453. The van der Waals surface area contributed by atoms with Gasteiger partial charge >= 0.3 is 5.97 Å². The van der Waals surface area contributed by atoms with E-state index in [9.17, 15) is 4.79 Å². The number of ether oxygens (including phenoxy) is 4. The first kappa shape index (κ1) is 16.4. The molecule has 132 valence electrons. The Labute approximate surface area is 153 Å². The number of nitrogens with zero attached hydrogens (tertiary/aromatic N) is 1. The smallest absolute Gasteiger partial charge is 0.343 e. The molecule has 0 bridgehead atoms. The Bertz CT molecular complexity index is 935. The molecule has 1 aliphatic heterocycles. The number of fused-ring (bicyclic) bond motifs is 1. The van der Waals surface area contributed by atoms with E-state index in [-0.39, 0.29) is 6.79 Å². The van der Waals surface area contributed by atoms with E-state index in [2.05, 4.69) is 4.98 Å². The van der Waals surface area contributed by atoms with E-state index in [1.54, 1.807) is 53.8 Å². The summed E-state index contributed by atoms with van der Waals surface area (Å²) in [5.41, 5.74) is 1.32. The molecule has 6 nitrogen and oxygen atoms in total. The number of carbonyl (C=O) groups is 1. The molecule has 0 saturated heterocycles. The third-order valence-corrected chi connectivity index (χ3v) is 4.52. The van der Waals surface area contributed by atoms with E-state index in [4.69, 9.17) is 18.9 Å². The van der Waals surface area contributed by atoms with Crippen molar-refractivity contribution in [2.75, 3.05) is 6.79 Å². The van der Waals surface area contributed by atoms with Gasteiger partial charge in [-0.3, -0.25) is 0 Å². The molecular formula is C19H15NO5S. The number of carbonyl (C=O) groups excluding carboxylic acids is 1. The zero-order valence-corrected chi connectivity index (χ0v) is 14.7. The maximum Gasteiger partial charge on any atom is 0.343 e. The van der Waals surface area contributed by atoms with Crippen molar-refractivity contribution < 1.29 is 23.7 Å². The van der Waals surface area contributed by atoms with Crippen LogP contribution in [0.25, 0.3) is 0 Å². The molecule has 4 rings (SSSR count). The Morgan fingerprint density at radius 1 is 1.12 bits per heavy atom. The van der Waals surface area contributed by atoms with Gasteiger partial charge in [-0.25, -0.2) is 9.78 Å². The van der Waals surface area contributed by atoms with Crippen LogP contribution in [-0.4, -0.2) is 17.7 Å². The lowest BCUT2D eigenvalue weighted by Gasteiger charge is -2.07. The highest BCUT2D eigenvalue weighted by molar-refractivity contribution is 7.09. The van der Waals surface area contributed by atoms with Gasteiger partial charge in [-0.2, -0.15) is 0 Å². The Balaban J connectivity index is 1.37. The van der Waals surface area contributed by atoms with Gasteiger partial charge in [0.2, 0.25) is 6.79 Å². The molecule has 0 N–H and O–H groups in total. The van der Waals surface area contributed by atoms with Gasteiger partial charge in [-0.05, 0) is 43.3 Å². The molecule has 2 heterocycles. The quantitative estimate of drug-likeness (QED) is 0.501. The summed E-state index contributed by atoms with van der Waals surface area (Å²) >= 11 is 1.59. The van der Waals surface area contributed by atoms with Crippen LogP contribution >= 0.6 is 11.3 Å². The molecule has 0 spiro atoms. The van der Waals surface area contributed by atoms with Gasteiger partial charge in [-0.1, -0.05) is 0 Å². The molecule has 0 amide bonds. The predicted molar refractivity (Wildman–Crippen MR) is 95.1 cm³/mol. The van der Waals surface area contributed by atoms with Crippen molar-refractivity contribution in [3.05, 3.63) is 64.1 Å². The number of aromatic nitrogens is 1. The maximum absolute atomic E-state index is 12.3. The van der Waals surface area contributed by atoms with Crippen LogP contribution in [-0.2, 0) is 6.61 Å². The molecule has 1 aromatic heterocycles. The second-order valence-corrected chi connectivity index (χ2v) is 6.64. The van der Waals surface area contributed by atoms with Gasteiger partial charge in [0.1, 0.15) is 18.1 Å². The maximum atomic E-state index is 12.3. The highest BCUT2D eigenvalue weighted by atomic mass is 32.1. The number of hydrogen-bond acceptors (Lipinski definition) is 7. The first-order valence-electron chi connectivity index (χ1n) is 7.93. The molecule has 0 saturated carbocycles. The van der Waals surface area contributed by atoms with Crippen molar-refractivity contribution >= 4 is 17.3 Å². The van der Waals surface area contributed by atoms with E-state index in [0.717, 1.165) is 10.7 Å². The third kappa shape index (κ3) is 3.62. The predicted octanol–water partition coefficient (Wildman–Crippen LogP) is 3.98. The molecule has 0 atom stereocenters. The van der Waals surface area contributed by atoms with Crippen LogP contribution in [0.4, 0.5) is 0 Å². The van der Waals surface area contributed by atoms with Gasteiger partial charge in [0, 0.05) is 11.4 Å². The Hall–Kier alpha value is -3.06. The number of benzene rings is 2. The fraction of sp³-hybridized carbons (Fsp3) is 0.158. The fourth-order valence-corrected chi connectivity index (χ4v) is 3.02. The minimum Gasteiger partial charge on any atom is -0.487 e. The van der Waals surface area contributed by atoms with Crippen LogP contribution in [0, 0.1) is 6.92 Å². The van der Waals surface area contributed by atoms with Crippen molar-refractivity contribution in [2.24, 2.45) is 0 Å². The van der Waals surface area contributed by atoms with E-state index in [1.807, 2.05) is 12.3 Å². The molecule has 2 aromatic carbocycles. The lowest BCUT2D eigenvalue weighted by molar-refractivity contribution is 0.0734. The Morgan fingerprint density at radius 3 is 2.65 bits per heavy atom. The summed E-state index contributed by atoms with van der Waals surface area (Å²) in [6.45, 7) is 2.52. The summed E-state index contributed by atoms with van der Waals surface area (Å²) in [5.74, 6) is 1.82. The highest BCUT2D eigenvalue weighted by Gasteiger charge is 2.16. The Morgan fingerprint density at radius 2 is 1.88 bits per heavy atom. The largest absolute Gasteiger partial charge is 0.487 e. The van der Waals surface area contributed by atoms with Crippen molar-refractivity contribution in [1.29, 1.82) is 0 Å². The first-order valence-corrected chi connectivity index (χ1v) is 8.81. The summed E-state index contributed by atoms with van der Waals surface area (Å²) in [4.78, 5) is 16.6. The zero-order valence-electron chi connectivity index (χ0n) is 13.9. The van der Waals surface area contributed by atoms with Crippen LogP contribution in [0.2, 0.25) is 0 Å². The molecule has 0 unspecified atom stereocenters. The van der Waals surface area contributed by atoms with Crippen molar-refractivity contribution in [2.45, 2.75) is 13.5 Å². The number of rotatable bonds is 5. The molecular weight excluding hydrogens is 354 g/mol. The number of thiazole rings is 1. The van der Waals surface area contributed by atoms with Crippen molar-refractivity contribution in [1.82, 2.24) is 4.98 Å². The number of esters is 1. The van der Waals surface area contributed by atoms with Crippen LogP contribution in [0.5, 0.6) is 23.0 Å². The van der Waals surface area contributed by atoms with Gasteiger partial charge < -0.3 is 18.9 Å². The van der Waals surface area contributed by atoms with Crippen LogP contribution in [0.1, 0.15) is 21.1 Å². The van der Waals surface area contributed by atoms with Crippen LogP contribution in [0.15, 0.2) is 47.8 Å². The monoisotopic (exact) mass is 369 g/mol. The average molecular weight is 369 g/mol. The normalized spacial score (nSPS) is 12.0. The van der Waals surface area contributed by atoms with Gasteiger partial charge in [-0.15, -0.1) is 11.3 Å². The summed E-state index contributed by atoms with van der Waals surface area (Å²) in [6.07, 6.45) is 0. The second kappa shape index (κ2) is 7.05. The summed E-state index contributed by atoms with van der Waals surface area (Å²) in [6, 6.07) is 11.8. The highest BCUT2D eigenvalue weighted by Crippen LogP contribution is 2.35. The van der Waals surface area contributed by atoms with E-state index in [1.165, 1.54) is 0 Å². The topological polar surface area (TPSA) is 66.9 Å². The zero-order chi connectivity index (χ0) is 17.9. The molecule has 7 heteroatoms. The summed E-state index contributed by atoms with van der Waals surface area (Å²) in [7, 11) is 0. The lowest BCUT2D eigenvalue weighted by Crippen LogP contribution is -2.08. The van der Waals surface area contributed by atoms with Gasteiger partial charge in [0.05, 0.1) is 16.3 Å². The van der Waals surface area contributed by atoms with E-state index in [0.29, 0.717) is 35.2 Å². The number of aryl methyl sites for hydroxylation is 1. The first-order chi connectivity index (χ1) is 12.7. The van der Waals surface area contributed by atoms with Crippen molar-refractivity contribution in [3.8, 4) is 23.0 Å². The van der Waals surface area contributed by atoms with E-state index >= 15 is 0 Å². The van der Waals surface area contributed by atoms with Crippen LogP contribution in [0.3, 0.4) is 0 Å². The molecule has 3 aromatic rings. The van der Waals surface area contributed by atoms with Gasteiger partial charge in [0.25, 0.3) is 0 Å². The third-order valence-electron chi connectivity index (χ3n) is 3.70. The molecule has 1 aliphatic rings. The second-order valence-electron chi connectivity index (χ2n) is 5.58. The summed E-state index contributed by atoms with van der Waals surface area (Å²) < 4.78 is 21.5. The Kier molecular flexibility index (Phi) is 4.45. The van der Waals surface area contributed by atoms with Crippen LogP contribution < -0.4 is 18.9 Å². The fourth-order valence-electron chi connectivity index (χ4n) is 2.43. The molecule has 26 heavy (non-hydrogen) atoms. The SMILES string of the molecule is Cc1nc(COc2ccc(C(=O)Oc3ccc4c(c3)OCO4)cc2)cs1. The summed E-state index contributed by atoms with van der Waals surface area (Å²) in [5, 5.41) is 2.97.